The summed E-state index contributed by atoms with van der Waals surface area (Å²) in [5.41, 5.74) is 3.89. The Bertz CT molecular complexity index is 656. The molecule has 1 aliphatic rings. The maximum absolute atomic E-state index is 12.4. The maximum atomic E-state index is 12.4. The molecule has 1 aromatic heterocycles. The average molecular weight is 368 g/mol. The van der Waals surface area contributed by atoms with Crippen LogP contribution in [0.25, 0.3) is 11.1 Å². The van der Waals surface area contributed by atoms with Crippen LogP contribution >= 0.6 is 24.8 Å². The molecule has 130 valence electrons. The number of rotatable bonds is 3. The van der Waals surface area contributed by atoms with E-state index in [9.17, 15) is 4.79 Å². The fraction of sp³-hybridized carbons (Fsp3) is 0.333. The number of hydrogen-bond donors (Lipinski definition) is 2. The second kappa shape index (κ2) is 9.62. The van der Waals surface area contributed by atoms with Gasteiger partial charge < -0.3 is 10.6 Å². The number of carbonyl (C=O) groups is 1. The molecule has 1 aliphatic heterocycles. The van der Waals surface area contributed by atoms with Crippen LogP contribution in [0.2, 0.25) is 0 Å². The van der Waals surface area contributed by atoms with Gasteiger partial charge in [0.2, 0.25) is 0 Å². The molecule has 0 unspecified atom stereocenters. The lowest BCUT2D eigenvalue weighted by atomic mass is 10.0. The number of piperidine rings is 1. The van der Waals surface area contributed by atoms with Crippen LogP contribution in [0.3, 0.4) is 0 Å². The van der Waals surface area contributed by atoms with Crippen LogP contribution in [0.1, 0.15) is 28.8 Å². The number of aryl methyl sites for hydroxylation is 1. The summed E-state index contributed by atoms with van der Waals surface area (Å²) in [6.07, 6.45) is 5.40. The van der Waals surface area contributed by atoms with Gasteiger partial charge in [0.05, 0.1) is 5.56 Å². The van der Waals surface area contributed by atoms with Gasteiger partial charge in [-0.25, -0.2) is 0 Å². The molecule has 2 aromatic rings. The van der Waals surface area contributed by atoms with E-state index in [-0.39, 0.29) is 36.8 Å². The number of aromatic nitrogens is 1. The number of pyridine rings is 1. The van der Waals surface area contributed by atoms with E-state index >= 15 is 0 Å². The van der Waals surface area contributed by atoms with E-state index in [0.717, 1.165) is 37.1 Å². The van der Waals surface area contributed by atoms with Crippen LogP contribution in [-0.4, -0.2) is 30.0 Å². The number of nitrogens with one attached hydrogen (secondary N) is 2. The third-order valence-electron chi connectivity index (χ3n) is 4.06. The molecule has 6 heteroatoms. The van der Waals surface area contributed by atoms with Crippen molar-refractivity contribution in [2.75, 3.05) is 13.1 Å². The van der Waals surface area contributed by atoms with Crippen molar-refractivity contribution in [1.29, 1.82) is 0 Å². The fourth-order valence-corrected chi connectivity index (χ4v) is 2.70. The van der Waals surface area contributed by atoms with Gasteiger partial charge in [-0.05, 0) is 44.5 Å². The standard InChI is InChI=1S/C18H21N3O.2ClH/c1-13-2-4-14(5-3-13)15-10-16(12-20-11-15)18(22)21-17-6-8-19-9-7-17;;/h2-5,10-12,17,19H,6-9H2,1H3,(H,21,22);2*1H. The van der Waals surface area contributed by atoms with Crippen molar-refractivity contribution < 1.29 is 4.79 Å². The molecular formula is C18H23Cl2N3O. The number of nitrogens with zero attached hydrogens (tertiary/aromatic N) is 1. The lowest BCUT2D eigenvalue weighted by Gasteiger charge is -2.23. The van der Waals surface area contributed by atoms with Crippen molar-refractivity contribution in [3.05, 3.63) is 53.9 Å². The molecule has 2 N–H and O–H groups in total. The molecule has 24 heavy (non-hydrogen) atoms. The molecule has 4 nitrogen and oxygen atoms in total. The molecule has 0 spiro atoms. The van der Waals surface area contributed by atoms with Crippen LogP contribution in [-0.2, 0) is 0 Å². The van der Waals surface area contributed by atoms with Crippen LogP contribution in [0.5, 0.6) is 0 Å². The summed E-state index contributed by atoms with van der Waals surface area (Å²) in [6, 6.07) is 10.4. The normalized spacial score (nSPS) is 14.2. The first kappa shape index (κ1) is 20.4. The van der Waals surface area contributed by atoms with E-state index in [1.807, 2.05) is 6.07 Å². The second-order valence-corrected chi connectivity index (χ2v) is 5.83. The maximum Gasteiger partial charge on any atom is 0.253 e. The van der Waals surface area contributed by atoms with Crippen LogP contribution in [0.15, 0.2) is 42.7 Å². The lowest BCUT2D eigenvalue weighted by Crippen LogP contribution is -2.42. The Kier molecular flexibility index (Phi) is 8.19. The molecule has 0 aliphatic carbocycles. The molecule has 1 amide bonds. The molecule has 0 saturated carbocycles. The van der Waals surface area contributed by atoms with Crippen LogP contribution in [0, 0.1) is 6.92 Å². The van der Waals surface area contributed by atoms with Gasteiger partial charge in [-0.1, -0.05) is 29.8 Å². The van der Waals surface area contributed by atoms with Gasteiger partial charge in [0.1, 0.15) is 0 Å². The highest BCUT2D eigenvalue weighted by molar-refractivity contribution is 5.95. The zero-order valence-corrected chi connectivity index (χ0v) is 15.3. The first-order valence-electron chi connectivity index (χ1n) is 7.76. The van der Waals surface area contributed by atoms with Crippen LogP contribution < -0.4 is 10.6 Å². The Labute approximate surface area is 155 Å². The molecule has 2 heterocycles. The summed E-state index contributed by atoms with van der Waals surface area (Å²) in [5, 5.41) is 6.40. The van der Waals surface area contributed by atoms with Crippen molar-refractivity contribution >= 4 is 30.7 Å². The van der Waals surface area contributed by atoms with Gasteiger partial charge in [0, 0.05) is 24.0 Å². The smallest absolute Gasteiger partial charge is 0.253 e. The van der Waals surface area contributed by atoms with Crippen molar-refractivity contribution in [2.45, 2.75) is 25.8 Å². The number of carbonyl (C=O) groups excluding carboxylic acids is 1. The Balaban J connectivity index is 0.00000144. The van der Waals surface area contributed by atoms with Crippen molar-refractivity contribution in [2.24, 2.45) is 0 Å². The Morgan fingerprint density at radius 3 is 2.42 bits per heavy atom. The SMILES string of the molecule is Cc1ccc(-c2cncc(C(=O)NC3CCNCC3)c2)cc1.Cl.Cl. The summed E-state index contributed by atoms with van der Waals surface area (Å²) < 4.78 is 0. The Morgan fingerprint density at radius 1 is 1.08 bits per heavy atom. The van der Waals surface area contributed by atoms with E-state index < -0.39 is 0 Å². The van der Waals surface area contributed by atoms with Crippen LogP contribution in [0.4, 0.5) is 0 Å². The van der Waals surface area contributed by atoms with E-state index in [2.05, 4.69) is 46.8 Å². The summed E-state index contributed by atoms with van der Waals surface area (Å²) in [4.78, 5) is 16.6. The zero-order chi connectivity index (χ0) is 15.4. The largest absolute Gasteiger partial charge is 0.349 e. The molecule has 1 fully saturated rings. The molecule has 1 saturated heterocycles. The minimum absolute atomic E-state index is 0. The third-order valence-corrected chi connectivity index (χ3v) is 4.06. The minimum atomic E-state index is -0.0339. The van der Waals surface area contributed by atoms with Crippen molar-refractivity contribution in [3.8, 4) is 11.1 Å². The third kappa shape index (κ3) is 5.20. The van der Waals surface area contributed by atoms with E-state index in [1.165, 1.54) is 5.56 Å². The first-order chi connectivity index (χ1) is 10.7. The molecule has 3 rings (SSSR count). The highest BCUT2D eigenvalue weighted by atomic mass is 35.5. The highest BCUT2D eigenvalue weighted by Gasteiger charge is 2.16. The Morgan fingerprint density at radius 2 is 1.75 bits per heavy atom. The quantitative estimate of drug-likeness (QED) is 0.873. The summed E-state index contributed by atoms with van der Waals surface area (Å²) in [5.74, 6) is -0.0339. The van der Waals surface area contributed by atoms with E-state index in [1.54, 1.807) is 12.4 Å². The molecule has 0 bridgehead atoms. The van der Waals surface area contributed by atoms with Crippen molar-refractivity contribution in [3.63, 3.8) is 0 Å². The summed E-state index contributed by atoms with van der Waals surface area (Å²) in [6.45, 7) is 3.99. The second-order valence-electron chi connectivity index (χ2n) is 5.83. The lowest BCUT2D eigenvalue weighted by molar-refractivity contribution is 0.0929. The average Bonchev–Trinajstić information content (AvgIpc) is 2.56. The summed E-state index contributed by atoms with van der Waals surface area (Å²) in [7, 11) is 0. The zero-order valence-electron chi connectivity index (χ0n) is 13.6. The predicted octanol–water partition coefficient (Wildman–Crippen LogP) is 3.38. The topological polar surface area (TPSA) is 54.0 Å². The predicted molar refractivity (Wildman–Crippen MR) is 102 cm³/mol. The summed E-state index contributed by atoms with van der Waals surface area (Å²) >= 11 is 0. The van der Waals surface area contributed by atoms with Crippen molar-refractivity contribution in [1.82, 2.24) is 15.6 Å². The number of amides is 1. The number of benzene rings is 1. The fourth-order valence-electron chi connectivity index (χ4n) is 2.70. The van der Waals surface area contributed by atoms with Gasteiger partial charge in [0.15, 0.2) is 0 Å². The first-order valence-corrected chi connectivity index (χ1v) is 7.76. The van der Waals surface area contributed by atoms with E-state index in [0.29, 0.717) is 5.56 Å². The van der Waals surface area contributed by atoms with Gasteiger partial charge in [0.25, 0.3) is 5.91 Å². The monoisotopic (exact) mass is 367 g/mol. The van der Waals surface area contributed by atoms with E-state index in [4.69, 9.17) is 0 Å². The van der Waals surface area contributed by atoms with Gasteiger partial charge >= 0.3 is 0 Å². The van der Waals surface area contributed by atoms with Gasteiger partial charge in [-0.2, -0.15) is 0 Å². The minimum Gasteiger partial charge on any atom is -0.349 e. The Hall–Kier alpha value is -1.62. The van der Waals surface area contributed by atoms with Gasteiger partial charge in [-0.15, -0.1) is 24.8 Å². The molecule has 0 atom stereocenters. The molecular weight excluding hydrogens is 345 g/mol. The molecule has 1 aromatic carbocycles. The number of halogens is 2. The molecule has 0 radical (unpaired) electrons. The van der Waals surface area contributed by atoms with Gasteiger partial charge in [-0.3, -0.25) is 9.78 Å². The number of hydrogen-bond acceptors (Lipinski definition) is 3. The highest BCUT2D eigenvalue weighted by Crippen LogP contribution is 2.20.